The van der Waals surface area contributed by atoms with Gasteiger partial charge < -0.3 is 5.32 Å². The summed E-state index contributed by atoms with van der Waals surface area (Å²) in [5.74, 6) is -0.0424. The molecule has 1 heterocycles. The van der Waals surface area contributed by atoms with Crippen molar-refractivity contribution in [2.75, 3.05) is 0 Å². The smallest absolute Gasteiger partial charge is 0.255 e. The van der Waals surface area contributed by atoms with Gasteiger partial charge in [0.2, 0.25) is 0 Å². The van der Waals surface area contributed by atoms with Crippen molar-refractivity contribution in [1.29, 1.82) is 0 Å². The van der Waals surface area contributed by atoms with Crippen LogP contribution in [0.25, 0.3) is 5.69 Å². The Morgan fingerprint density at radius 3 is 2.52 bits per heavy atom. The highest BCUT2D eigenvalue weighted by atomic mass is 16.1. The van der Waals surface area contributed by atoms with Crippen molar-refractivity contribution in [3.8, 4) is 5.69 Å². The third kappa shape index (κ3) is 2.99. The van der Waals surface area contributed by atoms with Crippen LogP contribution in [-0.2, 0) is 6.42 Å². The second-order valence-electron chi connectivity index (χ2n) is 5.59. The number of nitrogens with zero attached hydrogens (tertiary/aromatic N) is 2. The summed E-state index contributed by atoms with van der Waals surface area (Å²) in [6.07, 6.45) is 0.760. The van der Waals surface area contributed by atoms with Gasteiger partial charge in [0, 0.05) is 6.04 Å². The summed E-state index contributed by atoms with van der Waals surface area (Å²) in [4.78, 5) is 12.4. The normalized spacial score (nSPS) is 11.0. The lowest BCUT2D eigenvalue weighted by Gasteiger charge is -2.11. The molecule has 1 aromatic heterocycles. The van der Waals surface area contributed by atoms with E-state index in [9.17, 15) is 4.79 Å². The molecule has 0 aliphatic heterocycles. The van der Waals surface area contributed by atoms with Crippen LogP contribution in [0.3, 0.4) is 0 Å². The van der Waals surface area contributed by atoms with Crippen molar-refractivity contribution in [2.24, 2.45) is 0 Å². The molecule has 2 aromatic rings. The van der Waals surface area contributed by atoms with Crippen molar-refractivity contribution < 1.29 is 4.79 Å². The first kappa shape index (κ1) is 15.3. The first-order chi connectivity index (χ1) is 9.95. The van der Waals surface area contributed by atoms with Crippen LogP contribution in [-0.4, -0.2) is 21.7 Å². The van der Waals surface area contributed by atoms with Crippen LogP contribution < -0.4 is 5.32 Å². The predicted octanol–water partition coefficient (Wildman–Crippen LogP) is 3.19. The van der Waals surface area contributed by atoms with Gasteiger partial charge in [-0.05, 0) is 45.7 Å². The van der Waals surface area contributed by atoms with Gasteiger partial charge in [0.15, 0.2) is 0 Å². The summed E-state index contributed by atoms with van der Waals surface area (Å²) in [5, 5.41) is 7.56. The molecule has 0 atom stereocenters. The van der Waals surface area contributed by atoms with Crippen LogP contribution in [0.15, 0.2) is 24.3 Å². The average molecular weight is 285 g/mol. The van der Waals surface area contributed by atoms with Gasteiger partial charge in [0.1, 0.15) is 0 Å². The molecular weight excluding hydrogens is 262 g/mol. The Labute approximate surface area is 126 Å². The van der Waals surface area contributed by atoms with E-state index < -0.39 is 0 Å². The Balaban J connectivity index is 2.56. The first-order valence-corrected chi connectivity index (χ1v) is 7.41. The summed E-state index contributed by atoms with van der Waals surface area (Å²) in [6, 6.07) is 8.20. The molecule has 1 aromatic carbocycles. The number of aryl methyl sites for hydroxylation is 2. The molecule has 4 heteroatoms. The third-order valence-corrected chi connectivity index (χ3v) is 3.48. The fourth-order valence-electron chi connectivity index (χ4n) is 2.53. The van der Waals surface area contributed by atoms with E-state index in [1.807, 2.05) is 43.7 Å². The summed E-state index contributed by atoms with van der Waals surface area (Å²) < 4.78 is 1.90. The highest BCUT2D eigenvalue weighted by molar-refractivity contribution is 5.96. The monoisotopic (exact) mass is 285 g/mol. The van der Waals surface area contributed by atoms with Gasteiger partial charge in [-0.25, -0.2) is 4.68 Å². The van der Waals surface area contributed by atoms with E-state index in [2.05, 4.69) is 30.3 Å². The van der Waals surface area contributed by atoms with Gasteiger partial charge in [-0.1, -0.05) is 25.1 Å². The Hall–Kier alpha value is -2.10. The van der Waals surface area contributed by atoms with Crippen LogP contribution in [0.5, 0.6) is 0 Å². The molecule has 1 N–H and O–H groups in total. The average Bonchev–Trinajstić information content (AvgIpc) is 2.75. The van der Waals surface area contributed by atoms with Gasteiger partial charge in [0.05, 0.1) is 22.6 Å². The van der Waals surface area contributed by atoms with Gasteiger partial charge in [-0.2, -0.15) is 5.10 Å². The molecule has 0 spiro atoms. The Morgan fingerprint density at radius 1 is 1.29 bits per heavy atom. The Bertz CT molecular complexity index is 656. The maximum absolute atomic E-state index is 12.4. The maximum atomic E-state index is 12.4. The summed E-state index contributed by atoms with van der Waals surface area (Å²) in [6.45, 7) is 9.93. The number of benzene rings is 1. The molecule has 21 heavy (non-hydrogen) atoms. The molecule has 0 aliphatic carbocycles. The van der Waals surface area contributed by atoms with Gasteiger partial charge in [-0.15, -0.1) is 0 Å². The summed E-state index contributed by atoms with van der Waals surface area (Å²) in [7, 11) is 0. The van der Waals surface area contributed by atoms with Crippen LogP contribution in [0.2, 0.25) is 0 Å². The zero-order valence-electron chi connectivity index (χ0n) is 13.4. The van der Waals surface area contributed by atoms with Crippen molar-refractivity contribution >= 4 is 5.91 Å². The van der Waals surface area contributed by atoms with E-state index in [4.69, 9.17) is 0 Å². The highest BCUT2D eigenvalue weighted by Gasteiger charge is 2.21. The molecule has 0 fully saturated rings. The molecule has 0 bridgehead atoms. The summed E-state index contributed by atoms with van der Waals surface area (Å²) >= 11 is 0. The number of rotatable bonds is 4. The third-order valence-electron chi connectivity index (χ3n) is 3.48. The minimum atomic E-state index is -0.0424. The van der Waals surface area contributed by atoms with Gasteiger partial charge >= 0.3 is 0 Å². The van der Waals surface area contributed by atoms with Crippen molar-refractivity contribution in [2.45, 2.75) is 47.1 Å². The zero-order valence-corrected chi connectivity index (χ0v) is 13.4. The van der Waals surface area contributed by atoms with Gasteiger partial charge in [0.25, 0.3) is 5.91 Å². The molecule has 112 valence electrons. The van der Waals surface area contributed by atoms with Crippen LogP contribution in [0.1, 0.15) is 48.1 Å². The lowest BCUT2D eigenvalue weighted by Crippen LogP contribution is -2.31. The number of carbonyl (C=O) groups is 1. The molecule has 4 nitrogen and oxygen atoms in total. The molecular formula is C17H23N3O. The quantitative estimate of drug-likeness (QED) is 0.937. The largest absolute Gasteiger partial charge is 0.350 e. The zero-order chi connectivity index (χ0) is 15.6. The Kier molecular flexibility index (Phi) is 4.46. The van der Waals surface area contributed by atoms with Crippen LogP contribution >= 0.6 is 0 Å². The number of aromatic nitrogens is 2. The molecule has 0 saturated heterocycles. The topological polar surface area (TPSA) is 46.9 Å². The number of amides is 1. The van der Waals surface area contributed by atoms with E-state index in [0.29, 0.717) is 5.56 Å². The molecule has 1 amide bonds. The highest BCUT2D eigenvalue weighted by Crippen LogP contribution is 2.21. The fourth-order valence-corrected chi connectivity index (χ4v) is 2.53. The minimum Gasteiger partial charge on any atom is -0.350 e. The van der Waals surface area contributed by atoms with E-state index in [1.54, 1.807) is 0 Å². The number of hydrogen-bond acceptors (Lipinski definition) is 2. The van der Waals surface area contributed by atoms with E-state index >= 15 is 0 Å². The molecule has 2 rings (SSSR count). The Morgan fingerprint density at radius 2 is 1.95 bits per heavy atom. The minimum absolute atomic E-state index is 0.0424. The molecule has 0 aliphatic rings. The SMILES string of the molecule is CCc1c(C(=O)NC(C)C)c(C)nn1-c1ccccc1C. The van der Waals surface area contributed by atoms with Crippen molar-refractivity contribution in [3.05, 3.63) is 46.8 Å². The first-order valence-electron chi connectivity index (χ1n) is 7.41. The predicted molar refractivity (Wildman–Crippen MR) is 85.0 cm³/mol. The lowest BCUT2D eigenvalue weighted by atomic mass is 10.1. The van der Waals surface area contributed by atoms with E-state index in [0.717, 1.165) is 29.1 Å². The van der Waals surface area contributed by atoms with E-state index in [-0.39, 0.29) is 11.9 Å². The number of hydrogen-bond donors (Lipinski definition) is 1. The number of nitrogens with one attached hydrogen (secondary N) is 1. The van der Waals surface area contributed by atoms with Gasteiger partial charge in [-0.3, -0.25) is 4.79 Å². The molecule has 0 unspecified atom stereocenters. The van der Waals surface area contributed by atoms with E-state index in [1.165, 1.54) is 0 Å². The van der Waals surface area contributed by atoms with Crippen LogP contribution in [0.4, 0.5) is 0 Å². The van der Waals surface area contributed by atoms with Crippen LogP contribution in [0, 0.1) is 13.8 Å². The second kappa shape index (κ2) is 6.12. The maximum Gasteiger partial charge on any atom is 0.255 e. The standard InChI is InChI=1S/C17H23N3O/c1-6-14-16(17(21)18-11(2)3)13(5)19-20(14)15-10-8-7-9-12(15)4/h7-11H,6H2,1-5H3,(H,18,21). The molecule has 0 radical (unpaired) electrons. The fraction of sp³-hybridized carbons (Fsp3) is 0.412. The molecule has 0 saturated carbocycles. The summed E-state index contributed by atoms with van der Waals surface area (Å²) in [5.41, 5.74) is 4.61. The van der Waals surface area contributed by atoms with Crippen molar-refractivity contribution in [1.82, 2.24) is 15.1 Å². The lowest BCUT2D eigenvalue weighted by molar-refractivity contribution is 0.0941. The number of para-hydroxylation sites is 1. The second-order valence-corrected chi connectivity index (χ2v) is 5.59. The van der Waals surface area contributed by atoms with Crippen molar-refractivity contribution in [3.63, 3.8) is 0 Å². The number of carbonyl (C=O) groups excluding carboxylic acids is 1.